The van der Waals surface area contributed by atoms with Crippen LogP contribution in [-0.2, 0) is 29.1 Å². The third-order valence-electron chi connectivity index (χ3n) is 7.51. The second-order valence-electron chi connectivity index (χ2n) is 10.1. The van der Waals surface area contributed by atoms with Crippen LogP contribution in [0.2, 0.25) is 5.02 Å². The van der Waals surface area contributed by atoms with Crippen molar-refractivity contribution in [3.8, 4) is 5.75 Å². The molecule has 3 aromatic rings. The minimum atomic E-state index is -0.347. The van der Waals surface area contributed by atoms with Crippen molar-refractivity contribution in [2.45, 2.75) is 38.1 Å². The SMILES string of the molecule is O=C(NCc1ccc(Cl)cc1)c1cn2c3c(cc(CN4CCOCC4)cc3c1=S)OC1(CCOCC1)C2. The van der Waals surface area contributed by atoms with E-state index in [1.54, 1.807) is 0 Å². The van der Waals surface area contributed by atoms with E-state index in [-0.39, 0.29) is 11.5 Å². The van der Waals surface area contributed by atoms with Crippen molar-refractivity contribution < 1.29 is 19.0 Å². The summed E-state index contributed by atoms with van der Waals surface area (Å²) in [6.45, 7) is 6.44. The Balaban J connectivity index is 1.38. The second kappa shape index (κ2) is 10.3. The van der Waals surface area contributed by atoms with Crippen molar-refractivity contribution in [3.63, 3.8) is 0 Å². The van der Waals surface area contributed by atoms with Crippen LogP contribution in [0.1, 0.15) is 34.3 Å². The number of amides is 1. The molecule has 1 amide bonds. The summed E-state index contributed by atoms with van der Waals surface area (Å²) in [5, 5.41) is 4.59. The van der Waals surface area contributed by atoms with Crippen LogP contribution in [0, 0.1) is 4.51 Å². The summed E-state index contributed by atoms with van der Waals surface area (Å²) in [5.41, 5.74) is 3.23. The van der Waals surface area contributed by atoms with Gasteiger partial charge in [0, 0.05) is 55.6 Å². The van der Waals surface area contributed by atoms with Gasteiger partial charge in [0.2, 0.25) is 0 Å². The molecular formula is C28H30ClN3O4S. The fraction of sp³-hybridized carbons (Fsp3) is 0.429. The Labute approximate surface area is 226 Å². The number of aromatic nitrogens is 1. The number of hydrogen-bond acceptors (Lipinski definition) is 6. The fourth-order valence-electron chi connectivity index (χ4n) is 5.49. The second-order valence-corrected chi connectivity index (χ2v) is 10.9. The lowest BCUT2D eigenvalue weighted by Gasteiger charge is -2.42. The molecule has 2 saturated heterocycles. The van der Waals surface area contributed by atoms with Gasteiger partial charge in [0.25, 0.3) is 5.91 Å². The maximum absolute atomic E-state index is 13.4. The van der Waals surface area contributed by atoms with Crippen LogP contribution in [0.25, 0.3) is 10.9 Å². The van der Waals surface area contributed by atoms with Crippen LogP contribution in [0.15, 0.2) is 42.6 Å². The van der Waals surface area contributed by atoms with Gasteiger partial charge < -0.3 is 24.1 Å². The van der Waals surface area contributed by atoms with E-state index >= 15 is 0 Å². The number of nitrogens with zero attached hydrogens (tertiary/aromatic N) is 2. The number of morpholine rings is 1. The zero-order chi connectivity index (χ0) is 25.4. The number of carbonyl (C=O) groups is 1. The molecule has 37 heavy (non-hydrogen) atoms. The molecule has 1 N–H and O–H groups in total. The Kier molecular flexibility index (Phi) is 6.94. The van der Waals surface area contributed by atoms with Crippen LogP contribution >= 0.6 is 23.8 Å². The monoisotopic (exact) mass is 539 g/mol. The third-order valence-corrected chi connectivity index (χ3v) is 8.20. The molecule has 3 aliphatic heterocycles. The first-order chi connectivity index (χ1) is 18.0. The van der Waals surface area contributed by atoms with E-state index in [1.165, 1.54) is 0 Å². The minimum absolute atomic E-state index is 0.182. The molecule has 4 heterocycles. The van der Waals surface area contributed by atoms with E-state index in [0.29, 0.717) is 41.4 Å². The molecule has 2 fully saturated rings. The molecule has 2 aromatic carbocycles. The lowest BCUT2D eigenvalue weighted by atomic mass is 9.91. The summed E-state index contributed by atoms with van der Waals surface area (Å²) in [7, 11) is 0. The number of benzene rings is 2. The van der Waals surface area contributed by atoms with Crippen LogP contribution in [0.5, 0.6) is 5.75 Å². The zero-order valence-electron chi connectivity index (χ0n) is 20.6. The summed E-state index contributed by atoms with van der Waals surface area (Å²) >= 11 is 11.9. The van der Waals surface area contributed by atoms with Gasteiger partial charge in [-0.3, -0.25) is 9.69 Å². The average molecular weight is 540 g/mol. The van der Waals surface area contributed by atoms with E-state index < -0.39 is 0 Å². The minimum Gasteiger partial charge on any atom is -0.483 e. The van der Waals surface area contributed by atoms with Crippen molar-refractivity contribution >= 4 is 40.6 Å². The van der Waals surface area contributed by atoms with Crippen LogP contribution in [0.4, 0.5) is 0 Å². The van der Waals surface area contributed by atoms with Crippen molar-refractivity contribution in [2.24, 2.45) is 0 Å². The standard InChI is InChI=1S/C28H30ClN3O4S/c29-21-3-1-19(2-4-21)15-30-27(33)23-17-32-18-28(5-9-34-10-6-28)36-24-14-20(13-22(25(24)32)26(23)37)16-31-7-11-35-12-8-31/h1-4,13-14,17H,5-12,15-16,18H2,(H,30,33). The summed E-state index contributed by atoms with van der Waals surface area (Å²) in [4.78, 5) is 15.8. The highest BCUT2D eigenvalue weighted by Gasteiger charge is 2.39. The number of hydrogen-bond donors (Lipinski definition) is 1. The Morgan fingerprint density at radius 3 is 2.51 bits per heavy atom. The van der Waals surface area contributed by atoms with Gasteiger partial charge in [-0.25, -0.2) is 0 Å². The number of carbonyl (C=O) groups excluding carboxylic acids is 1. The number of nitrogens with one attached hydrogen (secondary N) is 1. The van der Waals surface area contributed by atoms with Gasteiger partial charge in [-0.15, -0.1) is 0 Å². The number of ether oxygens (including phenoxy) is 3. The molecule has 194 valence electrons. The molecule has 0 radical (unpaired) electrons. The molecule has 1 spiro atoms. The van der Waals surface area contributed by atoms with Crippen LogP contribution in [-0.4, -0.2) is 60.5 Å². The van der Waals surface area contributed by atoms with Crippen molar-refractivity contribution in [1.82, 2.24) is 14.8 Å². The van der Waals surface area contributed by atoms with E-state index in [9.17, 15) is 4.79 Å². The molecule has 3 aliphatic rings. The maximum atomic E-state index is 13.4. The highest BCUT2D eigenvalue weighted by Crippen LogP contribution is 2.41. The predicted molar refractivity (Wildman–Crippen MR) is 145 cm³/mol. The fourth-order valence-corrected chi connectivity index (χ4v) is 5.92. The molecule has 0 aliphatic carbocycles. The maximum Gasteiger partial charge on any atom is 0.254 e. The van der Waals surface area contributed by atoms with Crippen molar-refractivity contribution in [2.75, 3.05) is 39.5 Å². The lowest BCUT2D eigenvalue weighted by molar-refractivity contribution is -0.0592. The summed E-state index contributed by atoms with van der Waals surface area (Å²) in [6.07, 6.45) is 3.53. The smallest absolute Gasteiger partial charge is 0.254 e. The third kappa shape index (κ3) is 5.13. The number of halogens is 1. The van der Waals surface area contributed by atoms with Gasteiger partial charge in [0.05, 0.1) is 48.6 Å². The quantitative estimate of drug-likeness (QED) is 0.473. The lowest BCUT2D eigenvalue weighted by Crippen LogP contribution is -2.47. The van der Waals surface area contributed by atoms with Gasteiger partial charge in [-0.2, -0.15) is 0 Å². The van der Waals surface area contributed by atoms with E-state index in [4.69, 9.17) is 38.0 Å². The zero-order valence-corrected chi connectivity index (χ0v) is 22.2. The molecule has 0 bridgehead atoms. The van der Waals surface area contributed by atoms with E-state index in [0.717, 1.165) is 73.5 Å². The molecule has 0 atom stereocenters. The molecule has 9 heteroatoms. The Hall–Kier alpha value is -2.49. The Bertz CT molecular complexity index is 1380. The van der Waals surface area contributed by atoms with Gasteiger partial charge in [0.15, 0.2) is 0 Å². The van der Waals surface area contributed by atoms with Crippen LogP contribution < -0.4 is 10.1 Å². The largest absolute Gasteiger partial charge is 0.483 e. The molecular weight excluding hydrogens is 510 g/mol. The summed E-state index contributed by atoms with van der Waals surface area (Å²) < 4.78 is 20.6. The normalized spacial score (nSPS) is 19.1. The highest BCUT2D eigenvalue weighted by atomic mass is 35.5. The number of rotatable bonds is 5. The highest BCUT2D eigenvalue weighted by molar-refractivity contribution is 7.71. The van der Waals surface area contributed by atoms with E-state index in [2.05, 4.69) is 26.9 Å². The first kappa shape index (κ1) is 24.8. The van der Waals surface area contributed by atoms with Crippen molar-refractivity contribution in [3.05, 3.63) is 68.8 Å². The molecule has 0 saturated carbocycles. The first-order valence-electron chi connectivity index (χ1n) is 12.8. The van der Waals surface area contributed by atoms with Crippen LogP contribution in [0.3, 0.4) is 0 Å². The first-order valence-corrected chi connectivity index (χ1v) is 13.6. The summed E-state index contributed by atoms with van der Waals surface area (Å²) in [6, 6.07) is 11.7. The topological polar surface area (TPSA) is 65.0 Å². The van der Waals surface area contributed by atoms with Gasteiger partial charge >= 0.3 is 0 Å². The number of pyridine rings is 1. The average Bonchev–Trinajstić information content (AvgIpc) is 2.91. The van der Waals surface area contributed by atoms with Gasteiger partial charge in [-0.05, 0) is 35.4 Å². The Morgan fingerprint density at radius 2 is 1.76 bits per heavy atom. The summed E-state index contributed by atoms with van der Waals surface area (Å²) in [5.74, 6) is 0.659. The Morgan fingerprint density at radius 1 is 1.03 bits per heavy atom. The molecule has 6 rings (SSSR count). The molecule has 0 unspecified atom stereocenters. The van der Waals surface area contributed by atoms with E-state index in [1.807, 2.05) is 30.5 Å². The molecule has 1 aromatic heterocycles. The van der Waals surface area contributed by atoms with Crippen molar-refractivity contribution in [1.29, 1.82) is 0 Å². The van der Waals surface area contributed by atoms with Gasteiger partial charge in [-0.1, -0.05) is 36.0 Å². The van der Waals surface area contributed by atoms with Gasteiger partial charge in [0.1, 0.15) is 11.4 Å². The molecule has 7 nitrogen and oxygen atoms in total. The predicted octanol–water partition coefficient (Wildman–Crippen LogP) is 4.73.